The second kappa shape index (κ2) is 68.8. The van der Waals surface area contributed by atoms with E-state index in [2.05, 4.69) is 86.8 Å². The molecule has 2 atom stereocenters. The number of ether oxygens (including phenoxy) is 2. The zero-order valence-electron chi connectivity index (χ0n) is 58.7. The molecule has 0 aliphatic carbocycles. The van der Waals surface area contributed by atoms with Gasteiger partial charge in [0.25, 0.3) is 0 Å². The molecule has 0 aliphatic heterocycles. The summed E-state index contributed by atoms with van der Waals surface area (Å²) < 4.78 is 34.8. The van der Waals surface area contributed by atoms with Gasteiger partial charge in [-0.1, -0.05) is 356 Å². The molecular weight excluding hydrogens is 1110 g/mol. The average Bonchev–Trinajstić information content (AvgIpc) is 3.68. The molecule has 0 aromatic heterocycles. The number of allylic oxidation sites excluding steroid dienone is 12. The molecule has 0 aliphatic rings. The number of rotatable bonds is 70. The fourth-order valence-corrected chi connectivity index (χ4v) is 11.8. The standard InChI is InChI=1S/C78H144NO8P/c1-6-8-10-12-14-16-18-20-22-24-26-28-30-32-33-34-35-36-37-38-39-40-41-42-43-44-45-47-49-51-53-55-57-59-61-63-65-67-69-71-78(81)87-76(75-86-88(82,83)85-73-72-79(3,4)5)74-84-77(80)70-68-66-64-62-60-58-56-54-52-50-48-46-31-29-27-25-23-21-19-17-15-13-11-9-7-2/h8,10,14,16,20,22,26,28,32-33,35-36,76H,6-7,9,11-13,15,17-19,21,23-25,27,29-31,34,37-75H2,1-5H3/p+1/b10-8-,16-14-,22-20-,28-26-,33-32-,36-35-. The van der Waals surface area contributed by atoms with Gasteiger partial charge >= 0.3 is 19.8 Å². The van der Waals surface area contributed by atoms with Crippen LogP contribution >= 0.6 is 7.82 Å². The number of nitrogens with zero attached hydrogens (tertiary/aromatic N) is 1. The third kappa shape index (κ3) is 72.5. The Balaban J connectivity index is 3.94. The highest BCUT2D eigenvalue weighted by atomic mass is 31.2. The smallest absolute Gasteiger partial charge is 0.462 e. The summed E-state index contributed by atoms with van der Waals surface area (Å²) in [6.45, 7) is 4.39. The van der Waals surface area contributed by atoms with Crippen molar-refractivity contribution in [2.75, 3.05) is 47.5 Å². The average molecular weight is 1260 g/mol. The number of likely N-dealkylation sites (N-methyl/N-ethyl adjacent to an activating group) is 1. The van der Waals surface area contributed by atoms with Gasteiger partial charge in [0.1, 0.15) is 19.8 Å². The normalized spacial score (nSPS) is 13.5. The van der Waals surface area contributed by atoms with Gasteiger partial charge in [-0.3, -0.25) is 18.6 Å². The van der Waals surface area contributed by atoms with Gasteiger partial charge in [-0.05, 0) is 64.2 Å². The van der Waals surface area contributed by atoms with Gasteiger partial charge < -0.3 is 18.9 Å². The van der Waals surface area contributed by atoms with Gasteiger partial charge in [-0.2, -0.15) is 0 Å². The zero-order chi connectivity index (χ0) is 64.1. The van der Waals surface area contributed by atoms with Crippen molar-refractivity contribution in [2.24, 2.45) is 0 Å². The zero-order valence-corrected chi connectivity index (χ0v) is 59.6. The van der Waals surface area contributed by atoms with Gasteiger partial charge in [0, 0.05) is 12.8 Å². The van der Waals surface area contributed by atoms with Crippen LogP contribution < -0.4 is 0 Å². The fraction of sp³-hybridized carbons (Fsp3) is 0.821. The first kappa shape index (κ1) is 85.5. The van der Waals surface area contributed by atoms with Crippen molar-refractivity contribution in [1.82, 2.24) is 0 Å². The molecule has 0 bridgehead atoms. The molecule has 0 fully saturated rings. The number of phosphoric acid groups is 1. The van der Waals surface area contributed by atoms with Gasteiger partial charge in [0.05, 0.1) is 27.7 Å². The lowest BCUT2D eigenvalue weighted by Gasteiger charge is -2.24. The Kier molecular flexibility index (Phi) is 66.8. The van der Waals surface area contributed by atoms with Crippen LogP contribution in [0.4, 0.5) is 0 Å². The highest BCUT2D eigenvalue weighted by Gasteiger charge is 2.27. The molecule has 2 unspecified atom stereocenters. The molecule has 0 heterocycles. The monoisotopic (exact) mass is 1260 g/mol. The second-order valence-corrected chi connectivity index (χ2v) is 28.1. The van der Waals surface area contributed by atoms with E-state index in [1.54, 1.807) is 0 Å². The van der Waals surface area contributed by atoms with E-state index < -0.39 is 26.5 Å². The fourth-order valence-electron chi connectivity index (χ4n) is 11.0. The van der Waals surface area contributed by atoms with Crippen molar-refractivity contribution in [3.63, 3.8) is 0 Å². The molecule has 0 rings (SSSR count). The topological polar surface area (TPSA) is 108 Å². The summed E-state index contributed by atoms with van der Waals surface area (Å²) in [7, 11) is 1.50. The lowest BCUT2D eigenvalue weighted by molar-refractivity contribution is -0.870. The molecule has 0 saturated heterocycles. The Hall–Kier alpha value is -2.55. The van der Waals surface area contributed by atoms with Crippen molar-refractivity contribution in [1.29, 1.82) is 0 Å². The van der Waals surface area contributed by atoms with E-state index in [4.69, 9.17) is 18.5 Å². The molecule has 0 saturated carbocycles. The maximum atomic E-state index is 12.9. The maximum Gasteiger partial charge on any atom is 0.472 e. The van der Waals surface area contributed by atoms with Crippen LogP contribution in [-0.2, 0) is 32.7 Å². The van der Waals surface area contributed by atoms with Crippen molar-refractivity contribution >= 4 is 19.8 Å². The van der Waals surface area contributed by atoms with E-state index >= 15 is 0 Å². The van der Waals surface area contributed by atoms with Crippen LogP contribution in [0.2, 0.25) is 0 Å². The van der Waals surface area contributed by atoms with E-state index in [9.17, 15) is 19.0 Å². The minimum Gasteiger partial charge on any atom is -0.462 e. The van der Waals surface area contributed by atoms with E-state index in [1.807, 2.05) is 21.1 Å². The number of phosphoric ester groups is 1. The maximum absolute atomic E-state index is 12.9. The Morgan fingerprint density at radius 1 is 0.364 bits per heavy atom. The van der Waals surface area contributed by atoms with Crippen LogP contribution in [0.25, 0.3) is 0 Å². The molecule has 0 amide bonds. The number of unbranched alkanes of at least 4 members (excludes halogenated alkanes) is 44. The number of hydrogen-bond donors (Lipinski definition) is 1. The summed E-state index contributed by atoms with van der Waals surface area (Å²) in [5.41, 5.74) is 0. The first-order valence-corrected chi connectivity index (χ1v) is 39.2. The first-order valence-electron chi connectivity index (χ1n) is 37.7. The van der Waals surface area contributed by atoms with Gasteiger partial charge in [-0.15, -0.1) is 0 Å². The third-order valence-electron chi connectivity index (χ3n) is 16.8. The van der Waals surface area contributed by atoms with Crippen molar-refractivity contribution in [3.05, 3.63) is 72.9 Å². The summed E-state index contributed by atoms with van der Waals surface area (Å²) in [5.74, 6) is -0.776. The molecule has 88 heavy (non-hydrogen) atoms. The summed E-state index contributed by atoms with van der Waals surface area (Å²) >= 11 is 0. The third-order valence-corrected chi connectivity index (χ3v) is 17.7. The molecule has 514 valence electrons. The SMILES string of the molecule is CC/C=C\C/C=C\C/C=C\C/C=C\C/C=C\C/C=C\CCCCCCCCCCCCCCCCCCCCCCC(=O)OC(COC(=O)CCCCCCCCCCCCCCCCCCCCCCCCCCC)COP(=O)(O)OCC[N+](C)(C)C. The molecule has 9 nitrogen and oxygen atoms in total. The lowest BCUT2D eigenvalue weighted by atomic mass is 10.0. The molecule has 0 radical (unpaired) electrons. The Labute approximate surface area is 546 Å². The molecule has 0 spiro atoms. The molecule has 10 heteroatoms. The Morgan fingerprint density at radius 3 is 0.966 bits per heavy atom. The predicted octanol–water partition coefficient (Wildman–Crippen LogP) is 24.7. The number of esters is 2. The predicted molar refractivity (Wildman–Crippen MR) is 381 cm³/mol. The Bertz CT molecular complexity index is 1710. The second-order valence-electron chi connectivity index (χ2n) is 26.7. The lowest BCUT2D eigenvalue weighted by Crippen LogP contribution is -2.37. The highest BCUT2D eigenvalue weighted by molar-refractivity contribution is 7.47. The van der Waals surface area contributed by atoms with Crippen molar-refractivity contribution < 1.29 is 42.1 Å². The summed E-state index contributed by atoms with van der Waals surface area (Å²) in [6, 6.07) is 0. The quantitative estimate of drug-likeness (QED) is 0.0211. The van der Waals surface area contributed by atoms with Crippen LogP contribution in [0.3, 0.4) is 0 Å². The van der Waals surface area contributed by atoms with Gasteiger partial charge in [0.15, 0.2) is 6.10 Å². The molecule has 0 aromatic rings. The Morgan fingerprint density at radius 2 is 0.648 bits per heavy atom. The van der Waals surface area contributed by atoms with E-state index in [0.29, 0.717) is 23.9 Å². The van der Waals surface area contributed by atoms with Crippen LogP contribution in [-0.4, -0.2) is 74.9 Å². The largest absolute Gasteiger partial charge is 0.472 e. The molecule has 0 aromatic carbocycles. The van der Waals surface area contributed by atoms with Crippen LogP contribution in [0.5, 0.6) is 0 Å². The highest BCUT2D eigenvalue weighted by Crippen LogP contribution is 2.43. The van der Waals surface area contributed by atoms with Crippen LogP contribution in [0.1, 0.15) is 361 Å². The van der Waals surface area contributed by atoms with Crippen molar-refractivity contribution in [3.8, 4) is 0 Å². The summed E-state index contributed by atoms with van der Waals surface area (Å²) in [5, 5.41) is 0. The number of hydrogen-bond acceptors (Lipinski definition) is 7. The van der Waals surface area contributed by atoms with Crippen molar-refractivity contribution in [2.45, 2.75) is 367 Å². The van der Waals surface area contributed by atoms with Crippen LogP contribution in [0, 0.1) is 0 Å². The number of carbonyl (C=O) groups excluding carboxylic acids is 2. The van der Waals surface area contributed by atoms with Crippen LogP contribution in [0.15, 0.2) is 72.9 Å². The van der Waals surface area contributed by atoms with E-state index in [0.717, 1.165) is 70.6 Å². The van der Waals surface area contributed by atoms with E-state index in [1.165, 1.54) is 257 Å². The summed E-state index contributed by atoms with van der Waals surface area (Å²) in [4.78, 5) is 35.9. The number of quaternary nitrogens is 1. The number of carbonyl (C=O) groups is 2. The van der Waals surface area contributed by atoms with E-state index in [-0.39, 0.29) is 25.6 Å². The first-order chi connectivity index (χ1) is 43.0. The minimum absolute atomic E-state index is 0.0337. The molecule has 1 N–H and O–H groups in total. The van der Waals surface area contributed by atoms with Gasteiger partial charge in [-0.25, -0.2) is 4.57 Å². The minimum atomic E-state index is -4.39. The molecular formula is C78H145NO8P+. The van der Waals surface area contributed by atoms with Gasteiger partial charge in [0.2, 0.25) is 0 Å². The summed E-state index contributed by atoms with van der Waals surface area (Å²) in [6.07, 6.45) is 93.2.